The van der Waals surface area contributed by atoms with Crippen molar-refractivity contribution in [3.05, 3.63) is 0 Å². The molecule has 1 heterocycles. The number of carbonyl (C=O) groups is 1. The first-order chi connectivity index (χ1) is 4.51. The molecule has 1 atom stereocenters. The number of amides is 1. The van der Waals surface area contributed by atoms with Crippen molar-refractivity contribution in [2.45, 2.75) is 25.9 Å². The minimum absolute atomic E-state index is 0.0535. The number of aliphatic hydroxyl groups is 1. The highest BCUT2D eigenvalue weighted by molar-refractivity contribution is 5.73. The fraction of sp³-hybridized carbons (Fsp3) is 0.857. The molecule has 0 aromatic carbocycles. The first-order valence-electron chi connectivity index (χ1n) is 3.49. The number of rotatable bonds is 0. The van der Waals surface area contributed by atoms with Crippen molar-refractivity contribution in [2.24, 2.45) is 0 Å². The lowest BCUT2D eigenvalue weighted by Gasteiger charge is -2.16. The molecule has 1 N–H and O–H groups in total. The smallest absolute Gasteiger partial charge is 0.219 e. The summed E-state index contributed by atoms with van der Waals surface area (Å²) in [7, 11) is 0. The van der Waals surface area contributed by atoms with Gasteiger partial charge in [0.05, 0.1) is 5.60 Å². The molecule has 10 heavy (non-hydrogen) atoms. The van der Waals surface area contributed by atoms with Gasteiger partial charge in [0, 0.05) is 20.0 Å². The first kappa shape index (κ1) is 7.54. The van der Waals surface area contributed by atoms with Gasteiger partial charge in [-0.15, -0.1) is 0 Å². The lowest BCUT2D eigenvalue weighted by Crippen LogP contribution is -2.32. The van der Waals surface area contributed by atoms with Gasteiger partial charge in [0.1, 0.15) is 0 Å². The number of hydrogen-bond acceptors (Lipinski definition) is 2. The zero-order valence-corrected chi connectivity index (χ0v) is 6.42. The SMILES string of the molecule is CC(=O)N1CC[C@](C)(O)C1. The predicted molar refractivity (Wildman–Crippen MR) is 37.5 cm³/mol. The molecular formula is C7H13NO2. The van der Waals surface area contributed by atoms with Crippen LogP contribution in [0.25, 0.3) is 0 Å². The fourth-order valence-corrected chi connectivity index (χ4v) is 1.21. The van der Waals surface area contributed by atoms with E-state index >= 15 is 0 Å². The van der Waals surface area contributed by atoms with Crippen molar-refractivity contribution in [2.75, 3.05) is 13.1 Å². The molecule has 58 valence electrons. The molecule has 3 nitrogen and oxygen atoms in total. The highest BCUT2D eigenvalue weighted by Crippen LogP contribution is 2.19. The summed E-state index contributed by atoms with van der Waals surface area (Å²) in [4.78, 5) is 12.4. The van der Waals surface area contributed by atoms with Gasteiger partial charge in [-0.3, -0.25) is 4.79 Å². The number of carbonyl (C=O) groups excluding carboxylic acids is 1. The predicted octanol–water partition coefficient (Wildman–Crippen LogP) is -0.0104. The zero-order valence-electron chi connectivity index (χ0n) is 6.42. The highest BCUT2D eigenvalue weighted by Gasteiger charge is 2.32. The van der Waals surface area contributed by atoms with E-state index in [2.05, 4.69) is 0 Å². The average Bonchev–Trinajstić information content (AvgIpc) is 2.10. The molecule has 1 aliphatic heterocycles. The van der Waals surface area contributed by atoms with E-state index in [1.165, 1.54) is 6.92 Å². The molecule has 0 aromatic rings. The van der Waals surface area contributed by atoms with E-state index in [1.807, 2.05) is 0 Å². The van der Waals surface area contributed by atoms with E-state index < -0.39 is 5.60 Å². The molecule has 0 radical (unpaired) electrons. The Morgan fingerprint density at radius 3 is 2.50 bits per heavy atom. The van der Waals surface area contributed by atoms with Crippen LogP contribution in [-0.2, 0) is 4.79 Å². The normalized spacial score (nSPS) is 32.9. The Morgan fingerprint density at radius 1 is 1.70 bits per heavy atom. The van der Waals surface area contributed by atoms with Gasteiger partial charge >= 0.3 is 0 Å². The zero-order chi connectivity index (χ0) is 7.78. The Labute approximate surface area is 60.6 Å². The van der Waals surface area contributed by atoms with Gasteiger partial charge in [-0.05, 0) is 13.3 Å². The van der Waals surface area contributed by atoms with E-state index in [0.717, 1.165) is 0 Å². The Kier molecular flexibility index (Phi) is 1.68. The largest absolute Gasteiger partial charge is 0.388 e. The number of hydrogen-bond donors (Lipinski definition) is 1. The Morgan fingerprint density at radius 2 is 2.30 bits per heavy atom. The summed E-state index contributed by atoms with van der Waals surface area (Å²) in [6.45, 7) is 4.47. The number of nitrogens with zero attached hydrogens (tertiary/aromatic N) is 1. The second-order valence-electron chi connectivity index (χ2n) is 3.19. The lowest BCUT2D eigenvalue weighted by atomic mass is 10.1. The van der Waals surface area contributed by atoms with Crippen molar-refractivity contribution < 1.29 is 9.90 Å². The van der Waals surface area contributed by atoms with Crippen LogP contribution >= 0.6 is 0 Å². The van der Waals surface area contributed by atoms with Crippen molar-refractivity contribution in [1.82, 2.24) is 4.90 Å². The van der Waals surface area contributed by atoms with Crippen LogP contribution in [-0.4, -0.2) is 34.6 Å². The third-order valence-electron chi connectivity index (χ3n) is 1.90. The third-order valence-corrected chi connectivity index (χ3v) is 1.90. The second-order valence-corrected chi connectivity index (χ2v) is 3.19. The van der Waals surface area contributed by atoms with Crippen LogP contribution in [0, 0.1) is 0 Å². The molecule has 1 rings (SSSR count). The van der Waals surface area contributed by atoms with Crippen molar-refractivity contribution in [3.63, 3.8) is 0 Å². The van der Waals surface area contributed by atoms with Gasteiger partial charge in [0.15, 0.2) is 0 Å². The molecular weight excluding hydrogens is 130 g/mol. The minimum Gasteiger partial charge on any atom is -0.388 e. The summed E-state index contributed by atoms with van der Waals surface area (Å²) < 4.78 is 0. The van der Waals surface area contributed by atoms with Crippen LogP contribution in [0.1, 0.15) is 20.3 Å². The number of likely N-dealkylation sites (tertiary alicyclic amines) is 1. The van der Waals surface area contributed by atoms with Crippen LogP contribution < -0.4 is 0 Å². The number of β-amino-alcohol motifs (C(OH)–C–C–N with tert-alkyl or cyclic N) is 1. The van der Waals surface area contributed by atoms with E-state index in [0.29, 0.717) is 19.5 Å². The van der Waals surface area contributed by atoms with Gasteiger partial charge in [-0.25, -0.2) is 0 Å². The van der Waals surface area contributed by atoms with Crippen molar-refractivity contribution in [1.29, 1.82) is 0 Å². The topological polar surface area (TPSA) is 40.5 Å². The van der Waals surface area contributed by atoms with E-state index in [9.17, 15) is 9.90 Å². The fourth-order valence-electron chi connectivity index (χ4n) is 1.21. The quantitative estimate of drug-likeness (QED) is 0.518. The highest BCUT2D eigenvalue weighted by atomic mass is 16.3. The molecule has 1 saturated heterocycles. The minimum atomic E-state index is -0.647. The maximum absolute atomic E-state index is 10.7. The molecule has 0 spiro atoms. The monoisotopic (exact) mass is 143 g/mol. The average molecular weight is 143 g/mol. The molecule has 0 saturated carbocycles. The summed E-state index contributed by atoms with van der Waals surface area (Å²) in [6, 6.07) is 0. The molecule has 3 heteroatoms. The summed E-state index contributed by atoms with van der Waals surface area (Å²) in [5.74, 6) is 0.0535. The maximum Gasteiger partial charge on any atom is 0.219 e. The van der Waals surface area contributed by atoms with Crippen LogP contribution in [0.4, 0.5) is 0 Å². The lowest BCUT2D eigenvalue weighted by molar-refractivity contribution is -0.128. The first-order valence-corrected chi connectivity index (χ1v) is 3.49. The van der Waals surface area contributed by atoms with Crippen molar-refractivity contribution in [3.8, 4) is 0 Å². The van der Waals surface area contributed by atoms with Gasteiger partial charge in [0.2, 0.25) is 5.91 Å². The third kappa shape index (κ3) is 1.48. The van der Waals surface area contributed by atoms with Crippen LogP contribution in [0.5, 0.6) is 0 Å². The molecule has 1 amide bonds. The van der Waals surface area contributed by atoms with E-state index in [-0.39, 0.29) is 5.91 Å². The Balaban J connectivity index is 2.51. The van der Waals surface area contributed by atoms with Gasteiger partial charge < -0.3 is 10.0 Å². The summed E-state index contributed by atoms with van der Waals surface area (Å²) in [5.41, 5.74) is -0.647. The second kappa shape index (κ2) is 2.23. The van der Waals surface area contributed by atoms with Crippen LogP contribution in [0.3, 0.4) is 0 Å². The maximum atomic E-state index is 10.7. The molecule has 0 aliphatic carbocycles. The molecule has 0 aromatic heterocycles. The van der Waals surface area contributed by atoms with Crippen LogP contribution in [0.15, 0.2) is 0 Å². The molecule has 0 unspecified atom stereocenters. The summed E-state index contributed by atoms with van der Waals surface area (Å²) in [6.07, 6.45) is 0.701. The molecule has 1 aliphatic rings. The van der Waals surface area contributed by atoms with Gasteiger partial charge in [-0.2, -0.15) is 0 Å². The van der Waals surface area contributed by atoms with Gasteiger partial charge in [0.25, 0.3) is 0 Å². The molecule has 0 bridgehead atoms. The summed E-state index contributed by atoms with van der Waals surface area (Å²) in [5, 5.41) is 9.42. The van der Waals surface area contributed by atoms with Gasteiger partial charge in [-0.1, -0.05) is 0 Å². The molecule has 1 fully saturated rings. The van der Waals surface area contributed by atoms with Crippen LogP contribution in [0.2, 0.25) is 0 Å². The van der Waals surface area contributed by atoms with E-state index in [4.69, 9.17) is 0 Å². The Hall–Kier alpha value is -0.570. The van der Waals surface area contributed by atoms with Crippen molar-refractivity contribution >= 4 is 5.91 Å². The Bertz CT molecular complexity index is 154. The van der Waals surface area contributed by atoms with E-state index in [1.54, 1.807) is 11.8 Å². The standard InChI is InChI=1S/C7H13NO2/c1-6(9)8-4-3-7(2,10)5-8/h10H,3-5H2,1-2H3/t7-/m0/s1. The summed E-state index contributed by atoms with van der Waals surface area (Å²) >= 11 is 0.